The van der Waals surface area contributed by atoms with Crippen LogP contribution in [0.15, 0.2) is 48.5 Å². The molecule has 120 valence electrons. The van der Waals surface area contributed by atoms with E-state index in [0.717, 1.165) is 19.5 Å². The largest absolute Gasteiger partial charge is 0.496 e. The third kappa shape index (κ3) is 3.02. The molecule has 1 heterocycles. The normalized spacial score (nSPS) is 17.1. The van der Waals surface area contributed by atoms with E-state index in [2.05, 4.69) is 12.1 Å². The topological polar surface area (TPSA) is 38.8 Å². The molecule has 1 aliphatic heterocycles. The van der Waals surface area contributed by atoms with Gasteiger partial charge in [0.1, 0.15) is 17.1 Å². The molecular weight excluding hydrogens is 290 g/mol. The van der Waals surface area contributed by atoms with Gasteiger partial charge in [-0.1, -0.05) is 36.4 Å². The van der Waals surface area contributed by atoms with Gasteiger partial charge in [0.25, 0.3) is 5.91 Å². The number of carbonyl (C=O) groups excluding carboxylic acids is 1. The SMILES string of the molecule is COc1cccc(OC)c1C(=O)N1CCC(c2ccccc2)C1. The Hall–Kier alpha value is -2.49. The van der Waals surface area contributed by atoms with Crippen LogP contribution in [0.4, 0.5) is 0 Å². The molecule has 4 nitrogen and oxygen atoms in total. The van der Waals surface area contributed by atoms with Crippen molar-refractivity contribution in [1.29, 1.82) is 0 Å². The molecule has 2 aromatic carbocycles. The first-order chi connectivity index (χ1) is 11.2. The summed E-state index contributed by atoms with van der Waals surface area (Å²) in [4.78, 5) is 14.8. The average Bonchev–Trinajstić information content (AvgIpc) is 3.11. The van der Waals surface area contributed by atoms with Gasteiger partial charge >= 0.3 is 0 Å². The van der Waals surface area contributed by atoms with Crippen molar-refractivity contribution in [3.05, 3.63) is 59.7 Å². The smallest absolute Gasteiger partial charge is 0.261 e. The Morgan fingerprint density at radius 1 is 1.00 bits per heavy atom. The summed E-state index contributed by atoms with van der Waals surface area (Å²) in [6, 6.07) is 15.8. The van der Waals surface area contributed by atoms with E-state index in [1.54, 1.807) is 26.4 Å². The molecule has 0 aliphatic carbocycles. The number of rotatable bonds is 4. The van der Waals surface area contributed by atoms with Gasteiger partial charge < -0.3 is 14.4 Å². The van der Waals surface area contributed by atoms with Crippen molar-refractivity contribution in [1.82, 2.24) is 4.90 Å². The van der Waals surface area contributed by atoms with E-state index in [1.807, 2.05) is 29.2 Å². The van der Waals surface area contributed by atoms with Crippen LogP contribution >= 0.6 is 0 Å². The van der Waals surface area contributed by atoms with Crippen LogP contribution in [0.2, 0.25) is 0 Å². The second kappa shape index (κ2) is 6.73. The monoisotopic (exact) mass is 311 g/mol. The molecule has 0 bridgehead atoms. The maximum absolute atomic E-state index is 12.9. The van der Waals surface area contributed by atoms with E-state index in [4.69, 9.17) is 9.47 Å². The second-order valence-electron chi connectivity index (χ2n) is 5.68. The Labute approximate surface area is 136 Å². The zero-order chi connectivity index (χ0) is 16.2. The highest BCUT2D eigenvalue weighted by atomic mass is 16.5. The van der Waals surface area contributed by atoms with Gasteiger partial charge in [0, 0.05) is 19.0 Å². The van der Waals surface area contributed by atoms with Crippen molar-refractivity contribution in [3.63, 3.8) is 0 Å². The molecule has 1 saturated heterocycles. The fraction of sp³-hybridized carbons (Fsp3) is 0.316. The first-order valence-electron chi connectivity index (χ1n) is 7.79. The quantitative estimate of drug-likeness (QED) is 0.869. The number of ether oxygens (including phenoxy) is 2. The molecule has 1 atom stereocenters. The van der Waals surface area contributed by atoms with Crippen LogP contribution in [0.25, 0.3) is 0 Å². The lowest BCUT2D eigenvalue weighted by atomic mass is 9.99. The third-order valence-corrected chi connectivity index (χ3v) is 4.39. The Bertz CT molecular complexity index is 662. The highest BCUT2D eigenvalue weighted by molar-refractivity contribution is 6.00. The van der Waals surface area contributed by atoms with E-state index in [-0.39, 0.29) is 5.91 Å². The molecule has 0 spiro atoms. The Balaban J connectivity index is 1.83. The molecule has 1 unspecified atom stereocenters. The molecule has 0 radical (unpaired) electrons. The molecular formula is C19H21NO3. The van der Waals surface area contributed by atoms with Gasteiger partial charge in [0.05, 0.1) is 14.2 Å². The number of benzene rings is 2. The van der Waals surface area contributed by atoms with Crippen molar-refractivity contribution < 1.29 is 14.3 Å². The average molecular weight is 311 g/mol. The molecule has 23 heavy (non-hydrogen) atoms. The highest BCUT2D eigenvalue weighted by Gasteiger charge is 2.31. The summed E-state index contributed by atoms with van der Waals surface area (Å²) in [7, 11) is 3.14. The van der Waals surface area contributed by atoms with Crippen LogP contribution in [-0.4, -0.2) is 38.1 Å². The first-order valence-corrected chi connectivity index (χ1v) is 7.79. The molecule has 1 amide bonds. The summed E-state index contributed by atoms with van der Waals surface area (Å²) in [5.41, 5.74) is 1.79. The summed E-state index contributed by atoms with van der Waals surface area (Å²) < 4.78 is 10.7. The second-order valence-corrected chi connectivity index (χ2v) is 5.68. The summed E-state index contributed by atoms with van der Waals surface area (Å²) in [6.45, 7) is 1.48. The molecule has 1 fully saturated rings. The summed E-state index contributed by atoms with van der Waals surface area (Å²) in [6.07, 6.45) is 0.979. The van der Waals surface area contributed by atoms with E-state index in [9.17, 15) is 4.79 Å². The molecule has 3 rings (SSSR count). The molecule has 4 heteroatoms. The minimum absolute atomic E-state index is 0.0299. The van der Waals surface area contributed by atoms with Crippen molar-refractivity contribution in [2.75, 3.05) is 27.3 Å². The fourth-order valence-corrected chi connectivity index (χ4v) is 3.16. The van der Waals surface area contributed by atoms with E-state index < -0.39 is 0 Å². The highest BCUT2D eigenvalue weighted by Crippen LogP contribution is 2.33. The number of hydrogen-bond acceptors (Lipinski definition) is 3. The van der Waals surface area contributed by atoms with Gasteiger partial charge in [-0.15, -0.1) is 0 Å². The van der Waals surface area contributed by atoms with E-state index in [0.29, 0.717) is 23.0 Å². The van der Waals surface area contributed by atoms with Gasteiger partial charge in [0.15, 0.2) is 0 Å². The molecule has 2 aromatic rings. The standard InChI is InChI=1S/C19H21NO3/c1-22-16-9-6-10-17(23-2)18(16)19(21)20-12-11-15(13-20)14-7-4-3-5-8-14/h3-10,15H,11-13H2,1-2H3. The van der Waals surface area contributed by atoms with Crippen LogP contribution < -0.4 is 9.47 Å². The lowest BCUT2D eigenvalue weighted by Gasteiger charge is -2.20. The number of likely N-dealkylation sites (tertiary alicyclic amines) is 1. The van der Waals surface area contributed by atoms with Crippen molar-refractivity contribution in [3.8, 4) is 11.5 Å². The van der Waals surface area contributed by atoms with E-state index in [1.165, 1.54) is 5.56 Å². The Morgan fingerprint density at radius 2 is 1.65 bits per heavy atom. The summed E-state index contributed by atoms with van der Waals surface area (Å²) >= 11 is 0. The minimum Gasteiger partial charge on any atom is -0.496 e. The zero-order valence-electron chi connectivity index (χ0n) is 13.5. The van der Waals surface area contributed by atoms with Gasteiger partial charge in [-0.3, -0.25) is 4.79 Å². The lowest BCUT2D eigenvalue weighted by molar-refractivity contribution is 0.0784. The Morgan fingerprint density at radius 3 is 2.26 bits per heavy atom. The molecule has 0 N–H and O–H groups in total. The number of carbonyl (C=O) groups is 1. The minimum atomic E-state index is -0.0299. The van der Waals surface area contributed by atoms with Crippen molar-refractivity contribution in [2.45, 2.75) is 12.3 Å². The lowest BCUT2D eigenvalue weighted by Crippen LogP contribution is -2.29. The summed E-state index contributed by atoms with van der Waals surface area (Å²) in [5, 5.41) is 0. The summed E-state index contributed by atoms with van der Waals surface area (Å²) in [5.74, 6) is 1.47. The van der Waals surface area contributed by atoms with Gasteiger partial charge in [-0.25, -0.2) is 0 Å². The van der Waals surface area contributed by atoms with Crippen LogP contribution in [0.3, 0.4) is 0 Å². The molecule has 1 aliphatic rings. The number of methoxy groups -OCH3 is 2. The van der Waals surface area contributed by atoms with Crippen LogP contribution in [0.1, 0.15) is 28.3 Å². The number of amides is 1. The molecule has 0 saturated carbocycles. The maximum Gasteiger partial charge on any atom is 0.261 e. The van der Waals surface area contributed by atoms with Crippen molar-refractivity contribution in [2.24, 2.45) is 0 Å². The molecule has 0 aromatic heterocycles. The maximum atomic E-state index is 12.9. The zero-order valence-corrected chi connectivity index (χ0v) is 13.5. The van der Waals surface area contributed by atoms with Crippen molar-refractivity contribution >= 4 is 5.91 Å². The number of nitrogens with zero attached hydrogens (tertiary/aromatic N) is 1. The number of hydrogen-bond donors (Lipinski definition) is 0. The van der Waals surface area contributed by atoms with Gasteiger partial charge in [-0.2, -0.15) is 0 Å². The predicted molar refractivity (Wildman–Crippen MR) is 89.2 cm³/mol. The van der Waals surface area contributed by atoms with E-state index >= 15 is 0 Å². The fourth-order valence-electron chi connectivity index (χ4n) is 3.16. The Kier molecular flexibility index (Phi) is 4.51. The van der Waals surface area contributed by atoms with Gasteiger partial charge in [0.2, 0.25) is 0 Å². The third-order valence-electron chi connectivity index (χ3n) is 4.39. The van der Waals surface area contributed by atoms with Crippen LogP contribution in [0, 0.1) is 0 Å². The van der Waals surface area contributed by atoms with Gasteiger partial charge in [-0.05, 0) is 24.1 Å². The van der Waals surface area contributed by atoms with Crippen LogP contribution in [0.5, 0.6) is 11.5 Å². The first kappa shape index (κ1) is 15.4. The predicted octanol–water partition coefficient (Wildman–Crippen LogP) is 3.33. The van der Waals surface area contributed by atoms with Crippen LogP contribution in [-0.2, 0) is 0 Å².